The maximum Gasteiger partial charge on any atom is 0.488 e. The second-order valence-corrected chi connectivity index (χ2v) is 13.5. The summed E-state index contributed by atoms with van der Waals surface area (Å²) in [5, 5.41) is 29.7. The number of fused-ring (bicyclic) bond motifs is 1. The number of nitrogens with one attached hydrogen (secondary N) is 2. The maximum atomic E-state index is 14.0. The average Bonchev–Trinajstić information content (AvgIpc) is 3.54. The molecule has 2 amide bonds. The zero-order valence-electron chi connectivity index (χ0n) is 29.3. The zero-order valence-corrected chi connectivity index (χ0v) is 29.3. The molecule has 4 rings (SSSR count). The first-order chi connectivity index (χ1) is 24.5. The first-order valence-corrected chi connectivity index (χ1v) is 17.5. The van der Waals surface area contributed by atoms with Gasteiger partial charge in [0.15, 0.2) is 5.78 Å². The van der Waals surface area contributed by atoms with Gasteiger partial charge in [-0.15, -0.1) is 0 Å². The van der Waals surface area contributed by atoms with Crippen LogP contribution in [0.1, 0.15) is 61.9 Å². The van der Waals surface area contributed by atoms with Crippen molar-refractivity contribution < 1.29 is 29.2 Å². The van der Waals surface area contributed by atoms with E-state index in [1.165, 1.54) is 23.0 Å². The SMILES string of the molecule is CC(C)C[C@@H](CC(=O)[C@@H](Cc1ccccc1)NC(=O)[C@H](N)Cc1ccccc1)C(=O)N[C@H](CCCCN)C(=O)n1ncc2cc(B(O)O)ccc21. The number of amides is 2. The zero-order chi connectivity index (χ0) is 36.9. The molecule has 1 heterocycles. The summed E-state index contributed by atoms with van der Waals surface area (Å²) in [5.74, 6) is -2.42. The van der Waals surface area contributed by atoms with E-state index in [1.54, 1.807) is 6.07 Å². The van der Waals surface area contributed by atoms with E-state index < -0.39 is 48.9 Å². The third-order valence-electron chi connectivity index (χ3n) is 8.86. The number of rotatable bonds is 19. The average molecular weight is 697 g/mol. The number of nitrogens with two attached hydrogens (primary N) is 2. The van der Waals surface area contributed by atoms with Gasteiger partial charge in [0.05, 0.1) is 23.8 Å². The van der Waals surface area contributed by atoms with Crippen molar-refractivity contribution in [3.63, 3.8) is 0 Å². The number of carbonyl (C=O) groups is 4. The van der Waals surface area contributed by atoms with E-state index in [0.29, 0.717) is 49.6 Å². The van der Waals surface area contributed by atoms with Crippen molar-refractivity contribution in [2.24, 2.45) is 23.3 Å². The number of nitrogens with zero attached hydrogens (tertiary/aromatic N) is 2. The molecule has 4 aromatic rings. The summed E-state index contributed by atoms with van der Waals surface area (Å²) < 4.78 is 1.20. The van der Waals surface area contributed by atoms with Crippen molar-refractivity contribution >= 4 is 47.0 Å². The highest BCUT2D eigenvalue weighted by Gasteiger charge is 2.32. The van der Waals surface area contributed by atoms with Gasteiger partial charge in [0, 0.05) is 17.7 Å². The molecule has 0 aliphatic rings. The highest BCUT2D eigenvalue weighted by Crippen LogP contribution is 2.21. The number of carbonyl (C=O) groups excluding carboxylic acids is 4. The predicted molar refractivity (Wildman–Crippen MR) is 198 cm³/mol. The van der Waals surface area contributed by atoms with E-state index in [2.05, 4.69) is 15.7 Å². The van der Waals surface area contributed by atoms with Gasteiger partial charge >= 0.3 is 7.12 Å². The summed E-state index contributed by atoms with van der Waals surface area (Å²) in [6, 6.07) is 20.5. The lowest BCUT2D eigenvalue weighted by Gasteiger charge is -2.25. The molecule has 0 saturated carbocycles. The summed E-state index contributed by atoms with van der Waals surface area (Å²) in [7, 11) is -1.68. The number of aromatic nitrogens is 2. The van der Waals surface area contributed by atoms with Crippen LogP contribution in [0.4, 0.5) is 0 Å². The molecule has 8 N–H and O–H groups in total. The summed E-state index contributed by atoms with van der Waals surface area (Å²) in [6.07, 6.45) is 3.69. The number of ketones is 1. The Morgan fingerprint density at radius 2 is 1.47 bits per heavy atom. The lowest BCUT2D eigenvalue weighted by molar-refractivity contribution is -0.132. The van der Waals surface area contributed by atoms with Crippen LogP contribution in [-0.4, -0.2) is 75.1 Å². The largest absolute Gasteiger partial charge is 0.488 e. The van der Waals surface area contributed by atoms with Gasteiger partial charge in [-0.3, -0.25) is 19.2 Å². The van der Waals surface area contributed by atoms with Crippen molar-refractivity contribution in [2.75, 3.05) is 6.54 Å². The molecule has 12 nitrogen and oxygen atoms in total. The minimum absolute atomic E-state index is 0.0486. The van der Waals surface area contributed by atoms with E-state index >= 15 is 0 Å². The molecule has 4 atom stereocenters. The van der Waals surface area contributed by atoms with Crippen LogP contribution in [0.3, 0.4) is 0 Å². The quantitative estimate of drug-likeness (QED) is 0.0625. The fraction of sp³-hybridized carbons (Fsp3) is 0.395. The topological polar surface area (TPSA) is 203 Å². The molecule has 0 aliphatic carbocycles. The standard InChI is InChI=1S/C38H49BN6O6/c1-25(2)19-28(23-35(46)33(21-27-13-7-4-8-14-27)44-37(48)31(41)20-26-11-5-3-6-12-26)36(47)43-32(15-9-10-18-40)38(49)45-34-17-16-30(39(50)51)22-29(34)24-42-45/h3-8,11-14,16-17,22,24-25,28,31-33,50-51H,9-10,15,18-21,23,40-41H2,1-2H3,(H,43,47)(H,44,48)/t28-,31+,32+,33+/m0/s1. The second kappa shape index (κ2) is 19.1. The number of hydrogen-bond donors (Lipinski definition) is 6. The van der Waals surface area contributed by atoms with Crippen LogP contribution in [0, 0.1) is 11.8 Å². The van der Waals surface area contributed by atoms with Gasteiger partial charge in [-0.05, 0) is 73.6 Å². The Hall–Kier alpha value is -4.69. The second-order valence-electron chi connectivity index (χ2n) is 13.5. The Bertz CT molecular complexity index is 1750. The van der Waals surface area contributed by atoms with Crippen molar-refractivity contribution in [3.05, 3.63) is 96.2 Å². The Labute approximate surface area is 299 Å². The summed E-state index contributed by atoms with van der Waals surface area (Å²) in [5.41, 5.74) is 14.4. The molecule has 270 valence electrons. The third kappa shape index (κ3) is 11.4. The van der Waals surface area contributed by atoms with E-state index in [-0.39, 0.29) is 30.0 Å². The van der Waals surface area contributed by atoms with Gasteiger partial charge in [0.25, 0.3) is 5.91 Å². The van der Waals surface area contributed by atoms with Crippen LogP contribution < -0.4 is 27.6 Å². The van der Waals surface area contributed by atoms with Gasteiger partial charge in [0.2, 0.25) is 11.8 Å². The van der Waals surface area contributed by atoms with Crippen LogP contribution in [0.5, 0.6) is 0 Å². The first kappa shape index (κ1) is 39.1. The molecule has 1 aromatic heterocycles. The molecule has 3 aromatic carbocycles. The Morgan fingerprint density at radius 3 is 2.08 bits per heavy atom. The Balaban J connectivity index is 1.54. The van der Waals surface area contributed by atoms with Crippen LogP contribution in [0.25, 0.3) is 10.9 Å². The number of unbranched alkanes of at least 4 members (excludes halogenated alkanes) is 1. The molecule has 0 spiro atoms. The fourth-order valence-corrected chi connectivity index (χ4v) is 6.15. The minimum Gasteiger partial charge on any atom is -0.423 e. The molecule has 13 heteroatoms. The van der Waals surface area contributed by atoms with E-state index in [4.69, 9.17) is 11.5 Å². The van der Waals surface area contributed by atoms with Crippen molar-refractivity contribution in [3.8, 4) is 0 Å². The Kier molecular flexibility index (Phi) is 14.6. The lowest BCUT2D eigenvalue weighted by Crippen LogP contribution is -2.51. The summed E-state index contributed by atoms with van der Waals surface area (Å²) in [6.45, 7) is 4.32. The molecular formula is C38H49BN6O6. The molecule has 0 aliphatic heterocycles. The number of hydrogen-bond acceptors (Lipinski definition) is 9. The monoisotopic (exact) mass is 696 g/mol. The van der Waals surface area contributed by atoms with Crippen LogP contribution in [-0.2, 0) is 27.2 Å². The number of Topliss-reactive ketones (excluding diaryl/α,β-unsaturated/α-hetero) is 1. The normalized spacial score (nSPS) is 13.7. The lowest BCUT2D eigenvalue weighted by atomic mass is 9.80. The molecule has 0 unspecified atom stereocenters. The fourth-order valence-electron chi connectivity index (χ4n) is 6.15. The molecule has 0 radical (unpaired) electrons. The predicted octanol–water partition coefficient (Wildman–Crippen LogP) is 1.89. The van der Waals surface area contributed by atoms with Crippen molar-refractivity contribution in [1.29, 1.82) is 0 Å². The molecule has 0 fully saturated rings. The highest BCUT2D eigenvalue weighted by molar-refractivity contribution is 6.58. The van der Waals surface area contributed by atoms with Gasteiger partial charge in [-0.25, -0.2) is 0 Å². The van der Waals surface area contributed by atoms with Crippen LogP contribution in [0.2, 0.25) is 0 Å². The van der Waals surface area contributed by atoms with E-state index in [0.717, 1.165) is 11.1 Å². The van der Waals surface area contributed by atoms with Crippen molar-refractivity contribution in [1.82, 2.24) is 20.4 Å². The minimum atomic E-state index is -1.68. The Morgan fingerprint density at radius 1 is 0.843 bits per heavy atom. The maximum absolute atomic E-state index is 14.0. The van der Waals surface area contributed by atoms with Gasteiger partial charge in [-0.2, -0.15) is 9.78 Å². The molecule has 0 saturated heterocycles. The van der Waals surface area contributed by atoms with Gasteiger partial charge in [-0.1, -0.05) is 86.6 Å². The molecule has 0 bridgehead atoms. The molecular weight excluding hydrogens is 647 g/mol. The van der Waals surface area contributed by atoms with Crippen LogP contribution >= 0.6 is 0 Å². The smallest absolute Gasteiger partial charge is 0.423 e. The van der Waals surface area contributed by atoms with E-state index in [9.17, 15) is 29.2 Å². The summed E-state index contributed by atoms with van der Waals surface area (Å²) >= 11 is 0. The van der Waals surface area contributed by atoms with E-state index in [1.807, 2.05) is 74.5 Å². The molecule has 51 heavy (non-hydrogen) atoms. The van der Waals surface area contributed by atoms with Gasteiger partial charge in [0.1, 0.15) is 6.04 Å². The number of benzene rings is 3. The summed E-state index contributed by atoms with van der Waals surface area (Å²) in [4.78, 5) is 55.2. The van der Waals surface area contributed by atoms with Gasteiger partial charge < -0.3 is 32.1 Å². The first-order valence-electron chi connectivity index (χ1n) is 17.5. The highest BCUT2D eigenvalue weighted by atomic mass is 16.4. The van der Waals surface area contributed by atoms with Crippen molar-refractivity contribution in [2.45, 2.75) is 76.9 Å². The third-order valence-corrected chi connectivity index (χ3v) is 8.86. The van der Waals surface area contributed by atoms with Crippen LogP contribution in [0.15, 0.2) is 85.1 Å².